The Morgan fingerprint density at radius 1 is 1.04 bits per heavy atom. The zero-order valence-corrected chi connectivity index (χ0v) is 14.8. The topological polar surface area (TPSA) is 0 Å². The van der Waals surface area contributed by atoms with Crippen LogP contribution in [0.5, 0.6) is 0 Å². The van der Waals surface area contributed by atoms with E-state index in [4.69, 9.17) is 11.6 Å². The molecular weight excluding hydrogens is 338 g/mol. The maximum absolute atomic E-state index is 14.1. The molecule has 1 aliphatic carbocycles. The molecule has 4 rings (SSSR count). The Morgan fingerprint density at radius 3 is 2.48 bits per heavy atom. The van der Waals surface area contributed by atoms with Crippen molar-refractivity contribution in [3.05, 3.63) is 81.9 Å². The normalized spacial score (nSPS) is 19.8. The van der Waals surface area contributed by atoms with E-state index in [-0.39, 0.29) is 5.92 Å². The summed E-state index contributed by atoms with van der Waals surface area (Å²) in [5, 5.41) is 2.03. The summed E-state index contributed by atoms with van der Waals surface area (Å²) in [6, 6.07) is 15.4. The van der Waals surface area contributed by atoms with E-state index < -0.39 is 16.7 Å². The number of aryl methyl sites for hydroxylation is 1. The van der Waals surface area contributed by atoms with E-state index in [0.29, 0.717) is 11.5 Å². The minimum absolute atomic E-state index is 0.000349. The monoisotopic (exact) mass is 356 g/mol. The summed E-state index contributed by atoms with van der Waals surface area (Å²) in [5.74, 6) is -0.993. The molecule has 2 atom stereocenters. The minimum Gasteiger partial charge on any atom is -0.205 e. The molecular formula is C22H19ClF2. The highest BCUT2D eigenvalue weighted by Crippen LogP contribution is 2.45. The van der Waals surface area contributed by atoms with E-state index in [1.165, 1.54) is 34.0 Å². The molecule has 0 N–H and O–H groups in total. The van der Waals surface area contributed by atoms with Gasteiger partial charge >= 0.3 is 0 Å². The second kappa shape index (κ2) is 6.42. The van der Waals surface area contributed by atoms with Crippen LogP contribution in [0.25, 0.3) is 10.8 Å². The first kappa shape index (κ1) is 16.5. The van der Waals surface area contributed by atoms with Crippen molar-refractivity contribution in [2.45, 2.75) is 32.1 Å². The summed E-state index contributed by atoms with van der Waals surface area (Å²) in [5.41, 5.74) is 3.18. The van der Waals surface area contributed by atoms with Crippen LogP contribution in [0.3, 0.4) is 0 Å². The van der Waals surface area contributed by atoms with Crippen LogP contribution >= 0.6 is 11.6 Å². The van der Waals surface area contributed by atoms with Gasteiger partial charge in [0.1, 0.15) is 16.7 Å². The number of halogens is 3. The number of rotatable bonds is 2. The summed E-state index contributed by atoms with van der Waals surface area (Å²) >= 11 is 5.69. The van der Waals surface area contributed by atoms with Crippen LogP contribution < -0.4 is 0 Å². The quantitative estimate of drug-likeness (QED) is 0.439. The molecule has 0 saturated carbocycles. The van der Waals surface area contributed by atoms with Crippen LogP contribution in [-0.4, -0.2) is 0 Å². The van der Waals surface area contributed by atoms with Crippen molar-refractivity contribution in [1.29, 1.82) is 0 Å². The molecule has 0 heterocycles. The molecule has 0 fully saturated rings. The van der Waals surface area contributed by atoms with Gasteiger partial charge in [-0.15, -0.1) is 0 Å². The van der Waals surface area contributed by atoms with E-state index in [1.54, 1.807) is 0 Å². The molecule has 3 heteroatoms. The van der Waals surface area contributed by atoms with Gasteiger partial charge in [-0.05, 0) is 58.4 Å². The third-order valence-electron chi connectivity index (χ3n) is 5.54. The zero-order chi connectivity index (χ0) is 17.6. The fraction of sp³-hybridized carbons (Fsp3) is 0.273. The second-order valence-corrected chi connectivity index (χ2v) is 7.22. The summed E-state index contributed by atoms with van der Waals surface area (Å²) in [7, 11) is 0. The Morgan fingerprint density at radius 2 is 1.76 bits per heavy atom. The lowest BCUT2D eigenvalue weighted by Crippen LogP contribution is -2.22. The molecule has 3 aromatic carbocycles. The SMILES string of the molecule is CC[C@@H]1CCc2c(ccc3ccccc23)[C@H]1c1cc(F)c(Cl)c(F)c1. The first-order valence-corrected chi connectivity index (χ1v) is 9.13. The van der Waals surface area contributed by atoms with Gasteiger partial charge < -0.3 is 0 Å². The molecule has 1 aliphatic rings. The highest BCUT2D eigenvalue weighted by atomic mass is 35.5. The van der Waals surface area contributed by atoms with Gasteiger partial charge in [0.25, 0.3) is 0 Å². The predicted molar refractivity (Wildman–Crippen MR) is 99.3 cm³/mol. The van der Waals surface area contributed by atoms with Gasteiger partial charge in [0.05, 0.1) is 0 Å². The van der Waals surface area contributed by atoms with E-state index in [1.807, 2.05) is 12.1 Å². The average Bonchev–Trinajstić information content (AvgIpc) is 2.64. The number of fused-ring (bicyclic) bond motifs is 3. The largest absolute Gasteiger partial charge is 0.205 e. The van der Waals surface area contributed by atoms with Crippen LogP contribution in [0.2, 0.25) is 5.02 Å². The third kappa shape index (κ3) is 2.73. The smallest absolute Gasteiger partial charge is 0.145 e. The Hall–Kier alpha value is -1.93. The van der Waals surface area contributed by atoms with Crippen molar-refractivity contribution in [3.8, 4) is 0 Å². The van der Waals surface area contributed by atoms with Crippen molar-refractivity contribution in [2.24, 2.45) is 5.92 Å². The van der Waals surface area contributed by atoms with Crippen LogP contribution in [0.1, 0.15) is 42.4 Å². The van der Waals surface area contributed by atoms with E-state index in [0.717, 1.165) is 19.3 Å². The highest BCUT2D eigenvalue weighted by molar-refractivity contribution is 6.30. The van der Waals surface area contributed by atoms with Gasteiger partial charge in [0.15, 0.2) is 0 Å². The fourth-order valence-electron chi connectivity index (χ4n) is 4.32. The van der Waals surface area contributed by atoms with E-state index in [9.17, 15) is 8.78 Å². The molecule has 0 aromatic heterocycles. The van der Waals surface area contributed by atoms with E-state index >= 15 is 0 Å². The molecule has 25 heavy (non-hydrogen) atoms. The lowest BCUT2D eigenvalue weighted by Gasteiger charge is -2.34. The van der Waals surface area contributed by atoms with Crippen molar-refractivity contribution in [1.82, 2.24) is 0 Å². The molecule has 0 bridgehead atoms. The minimum atomic E-state index is -0.681. The van der Waals surface area contributed by atoms with Gasteiger partial charge in [0, 0.05) is 5.92 Å². The lowest BCUT2D eigenvalue weighted by molar-refractivity contribution is 0.396. The van der Waals surface area contributed by atoms with Crippen molar-refractivity contribution in [3.63, 3.8) is 0 Å². The first-order chi connectivity index (χ1) is 12.1. The summed E-state index contributed by atoms with van der Waals surface area (Å²) in [4.78, 5) is 0. The van der Waals surface area contributed by atoms with Crippen LogP contribution in [0, 0.1) is 17.6 Å². The molecule has 0 unspecified atom stereocenters. The Balaban J connectivity index is 1.94. The van der Waals surface area contributed by atoms with Gasteiger partial charge in [-0.2, -0.15) is 0 Å². The third-order valence-corrected chi connectivity index (χ3v) is 5.90. The molecule has 0 amide bonds. The maximum atomic E-state index is 14.1. The molecule has 0 saturated heterocycles. The van der Waals surface area contributed by atoms with Crippen LogP contribution in [0.15, 0.2) is 48.5 Å². The molecule has 3 aromatic rings. The maximum Gasteiger partial charge on any atom is 0.145 e. The Labute approximate surface area is 151 Å². The standard InChI is InChI=1S/C22H19ClF2/c1-2-13-7-9-17-16-6-4-3-5-14(16)8-10-18(17)21(13)15-11-19(24)22(23)20(25)12-15/h3-6,8,10-13,21H,2,7,9H2,1H3/t13-,21-/m1/s1. The van der Waals surface area contributed by atoms with Crippen molar-refractivity contribution < 1.29 is 8.78 Å². The number of hydrogen-bond acceptors (Lipinski definition) is 0. The Kier molecular flexibility index (Phi) is 4.24. The zero-order valence-electron chi connectivity index (χ0n) is 14.0. The number of hydrogen-bond donors (Lipinski definition) is 0. The first-order valence-electron chi connectivity index (χ1n) is 8.75. The molecule has 0 nitrogen and oxygen atoms in total. The summed E-state index contributed by atoms with van der Waals surface area (Å²) < 4.78 is 28.2. The number of benzene rings is 3. The highest BCUT2D eigenvalue weighted by Gasteiger charge is 2.31. The second-order valence-electron chi connectivity index (χ2n) is 6.84. The Bertz CT molecular complexity index is 925. The summed E-state index contributed by atoms with van der Waals surface area (Å²) in [6.45, 7) is 2.15. The predicted octanol–water partition coefficient (Wildman–Crippen LogP) is 6.88. The van der Waals surface area contributed by atoms with Gasteiger partial charge in [-0.3, -0.25) is 0 Å². The van der Waals surface area contributed by atoms with Crippen molar-refractivity contribution >= 4 is 22.4 Å². The molecule has 0 spiro atoms. The van der Waals surface area contributed by atoms with E-state index in [2.05, 4.69) is 31.2 Å². The molecule has 0 aliphatic heterocycles. The average molecular weight is 357 g/mol. The van der Waals surface area contributed by atoms with Crippen LogP contribution in [0.4, 0.5) is 8.78 Å². The molecule has 128 valence electrons. The van der Waals surface area contributed by atoms with Gasteiger partial charge in [0.2, 0.25) is 0 Å². The van der Waals surface area contributed by atoms with Crippen molar-refractivity contribution in [2.75, 3.05) is 0 Å². The van der Waals surface area contributed by atoms with Gasteiger partial charge in [-0.25, -0.2) is 8.78 Å². The van der Waals surface area contributed by atoms with Crippen LogP contribution in [-0.2, 0) is 6.42 Å². The lowest BCUT2D eigenvalue weighted by atomic mass is 9.70. The fourth-order valence-corrected chi connectivity index (χ4v) is 4.43. The molecule has 0 radical (unpaired) electrons. The van der Waals surface area contributed by atoms with Gasteiger partial charge in [-0.1, -0.05) is 61.3 Å². The summed E-state index contributed by atoms with van der Waals surface area (Å²) in [6.07, 6.45) is 3.00.